The molecule has 0 N–H and O–H groups in total. The van der Waals surface area contributed by atoms with Crippen molar-refractivity contribution < 1.29 is 0 Å². The van der Waals surface area contributed by atoms with Crippen molar-refractivity contribution in [1.29, 1.82) is 0 Å². The van der Waals surface area contributed by atoms with E-state index >= 15 is 0 Å². The van der Waals surface area contributed by atoms with Crippen molar-refractivity contribution in [2.24, 2.45) is 0 Å². The molecule has 126 valence electrons. The molecule has 1 fully saturated rings. The third-order valence-electron chi connectivity index (χ3n) is 4.56. The summed E-state index contributed by atoms with van der Waals surface area (Å²) in [6.07, 6.45) is 3.70. The van der Waals surface area contributed by atoms with Gasteiger partial charge in [0, 0.05) is 29.2 Å². The molecule has 1 aliphatic rings. The second-order valence-corrected chi connectivity index (χ2v) is 6.80. The maximum absolute atomic E-state index is 6.04. The van der Waals surface area contributed by atoms with Crippen LogP contribution in [0.1, 0.15) is 19.3 Å². The van der Waals surface area contributed by atoms with E-state index in [-0.39, 0.29) is 0 Å². The first-order valence-electron chi connectivity index (χ1n) is 8.75. The van der Waals surface area contributed by atoms with Gasteiger partial charge in [-0.15, -0.1) is 0 Å². The molecule has 0 radical (unpaired) electrons. The molecule has 2 heterocycles. The Balaban J connectivity index is 1.81. The lowest BCUT2D eigenvalue weighted by Crippen LogP contribution is -2.31. The van der Waals surface area contributed by atoms with Crippen LogP contribution in [0.15, 0.2) is 60.7 Å². The van der Waals surface area contributed by atoms with Crippen LogP contribution in [0.3, 0.4) is 0 Å². The van der Waals surface area contributed by atoms with Gasteiger partial charge in [0.1, 0.15) is 0 Å². The molecule has 4 heteroatoms. The summed E-state index contributed by atoms with van der Waals surface area (Å²) in [4.78, 5) is 12.0. The molecule has 0 bridgehead atoms. The highest BCUT2D eigenvalue weighted by Gasteiger charge is 2.16. The highest BCUT2D eigenvalue weighted by Crippen LogP contribution is 2.28. The lowest BCUT2D eigenvalue weighted by molar-refractivity contribution is 0.568. The highest BCUT2D eigenvalue weighted by molar-refractivity contribution is 6.30. The number of halogens is 1. The van der Waals surface area contributed by atoms with Crippen LogP contribution < -0.4 is 4.90 Å². The van der Waals surface area contributed by atoms with E-state index in [2.05, 4.69) is 23.1 Å². The van der Waals surface area contributed by atoms with Gasteiger partial charge in [-0.25, -0.2) is 9.97 Å². The van der Waals surface area contributed by atoms with Crippen molar-refractivity contribution in [3.63, 3.8) is 0 Å². The average molecular weight is 350 g/mol. The minimum atomic E-state index is 0.734. The van der Waals surface area contributed by atoms with E-state index in [4.69, 9.17) is 21.6 Å². The zero-order chi connectivity index (χ0) is 17.1. The third kappa shape index (κ3) is 3.67. The molecule has 0 unspecified atom stereocenters. The van der Waals surface area contributed by atoms with Crippen LogP contribution in [-0.2, 0) is 0 Å². The summed E-state index contributed by atoms with van der Waals surface area (Å²) in [6.45, 7) is 2.05. The van der Waals surface area contributed by atoms with Gasteiger partial charge >= 0.3 is 0 Å². The Morgan fingerprint density at radius 1 is 0.720 bits per heavy atom. The number of hydrogen-bond acceptors (Lipinski definition) is 3. The summed E-state index contributed by atoms with van der Waals surface area (Å²) in [5, 5.41) is 0.734. The number of aromatic nitrogens is 2. The molecule has 1 aliphatic heterocycles. The van der Waals surface area contributed by atoms with Crippen LogP contribution in [0.25, 0.3) is 22.5 Å². The van der Waals surface area contributed by atoms with Crippen molar-refractivity contribution in [3.8, 4) is 22.5 Å². The number of benzene rings is 2. The number of piperidine rings is 1. The zero-order valence-electron chi connectivity index (χ0n) is 14.0. The Morgan fingerprint density at radius 2 is 1.32 bits per heavy atom. The quantitative estimate of drug-likeness (QED) is 0.629. The molecule has 4 rings (SSSR count). The van der Waals surface area contributed by atoms with Crippen LogP contribution in [0, 0.1) is 0 Å². The molecule has 1 aromatic heterocycles. The molecule has 0 saturated carbocycles. The molecular weight excluding hydrogens is 330 g/mol. The first-order valence-corrected chi connectivity index (χ1v) is 9.13. The van der Waals surface area contributed by atoms with Crippen molar-refractivity contribution in [3.05, 3.63) is 65.7 Å². The number of rotatable bonds is 3. The Hall–Kier alpha value is -2.39. The SMILES string of the molecule is Clc1ccc(-c2cc(-c3ccccc3)nc(N3CCCCC3)n2)cc1. The smallest absolute Gasteiger partial charge is 0.226 e. The maximum atomic E-state index is 6.04. The predicted octanol–water partition coefficient (Wildman–Crippen LogP) is 5.45. The van der Waals surface area contributed by atoms with Gasteiger partial charge in [0.15, 0.2) is 0 Å². The van der Waals surface area contributed by atoms with Gasteiger partial charge < -0.3 is 4.90 Å². The van der Waals surface area contributed by atoms with Gasteiger partial charge in [0.25, 0.3) is 0 Å². The van der Waals surface area contributed by atoms with Gasteiger partial charge in [-0.05, 0) is 37.5 Å². The summed E-state index contributed by atoms with van der Waals surface area (Å²) in [7, 11) is 0. The van der Waals surface area contributed by atoms with E-state index in [0.717, 1.165) is 46.6 Å². The van der Waals surface area contributed by atoms with E-state index < -0.39 is 0 Å². The molecular formula is C21H20ClN3. The van der Waals surface area contributed by atoms with Crippen LogP contribution in [0.5, 0.6) is 0 Å². The molecule has 1 saturated heterocycles. The monoisotopic (exact) mass is 349 g/mol. The molecule has 0 amide bonds. The minimum absolute atomic E-state index is 0.734. The van der Waals surface area contributed by atoms with Crippen molar-refractivity contribution in [2.45, 2.75) is 19.3 Å². The summed E-state index contributed by atoms with van der Waals surface area (Å²) in [5.41, 5.74) is 4.06. The molecule has 3 nitrogen and oxygen atoms in total. The van der Waals surface area contributed by atoms with Gasteiger partial charge in [0.2, 0.25) is 5.95 Å². The highest BCUT2D eigenvalue weighted by atomic mass is 35.5. The molecule has 0 spiro atoms. The van der Waals surface area contributed by atoms with Crippen LogP contribution in [-0.4, -0.2) is 23.1 Å². The van der Waals surface area contributed by atoms with Gasteiger partial charge in [-0.3, -0.25) is 0 Å². The predicted molar refractivity (Wildman–Crippen MR) is 104 cm³/mol. The Kier molecular flexibility index (Phi) is 4.66. The Bertz CT molecular complexity index is 841. The summed E-state index contributed by atoms with van der Waals surface area (Å²) < 4.78 is 0. The van der Waals surface area contributed by atoms with Crippen LogP contribution in [0.4, 0.5) is 5.95 Å². The molecule has 2 aromatic carbocycles. The van der Waals surface area contributed by atoms with Gasteiger partial charge in [-0.1, -0.05) is 54.1 Å². The number of nitrogens with zero attached hydrogens (tertiary/aromatic N) is 3. The van der Waals surface area contributed by atoms with Crippen LogP contribution >= 0.6 is 11.6 Å². The summed E-state index contributed by atoms with van der Waals surface area (Å²) >= 11 is 6.04. The topological polar surface area (TPSA) is 29.0 Å². The fourth-order valence-corrected chi connectivity index (χ4v) is 3.32. The zero-order valence-corrected chi connectivity index (χ0v) is 14.8. The average Bonchev–Trinajstić information content (AvgIpc) is 2.69. The van der Waals surface area contributed by atoms with Crippen molar-refractivity contribution in [2.75, 3.05) is 18.0 Å². The largest absolute Gasteiger partial charge is 0.341 e. The normalized spacial score (nSPS) is 14.5. The summed E-state index contributed by atoms with van der Waals surface area (Å²) in [5.74, 6) is 0.825. The lowest BCUT2D eigenvalue weighted by Gasteiger charge is -2.27. The fourth-order valence-electron chi connectivity index (χ4n) is 3.20. The minimum Gasteiger partial charge on any atom is -0.341 e. The maximum Gasteiger partial charge on any atom is 0.226 e. The molecule has 0 aliphatic carbocycles. The molecule has 25 heavy (non-hydrogen) atoms. The second kappa shape index (κ2) is 7.24. The first kappa shape index (κ1) is 16.1. The van der Waals surface area contributed by atoms with E-state index in [0.29, 0.717) is 0 Å². The number of anilines is 1. The second-order valence-electron chi connectivity index (χ2n) is 6.36. The fraction of sp³-hybridized carbons (Fsp3) is 0.238. The third-order valence-corrected chi connectivity index (χ3v) is 4.81. The van der Waals surface area contributed by atoms with Gasteiger partial charge in [-0.2, -0.15) is 0 Å². The standard InChI is InChI=1S/C21H20ClN3/c22-18-11-9-17(10-12-18)20-15-19(16-7-3-1-4-8-16)23-21(24-20)25-13-5-2-6-14-25/h1,3-4,7-12,15H,2,5-6,13-14H2. The van der Waals surface area contributed by atoms with E-state index in [9.17, 15) is 0 Å². The lowest BCUT2D eigenvalue weighted by atomic mass is 10.1. The number of hydrogen-bond donors (Lipinski definition) is 0. The van der Waals surface area contributed by atoms with E-state index in [1.54, 1.807) is 0 Å². The Labute approximate surface area is 153 Å². The summed E-state index contributed by atoms with van der Waals surface area (Å²) in [6, 6.07) is 20.2. The molecule has 0 atom stereocenters. The van der Waals surface area contributed by atoms with Gasteiger partial charge in [0.05, 0.1) is 11.4 Å². The first-order chi connectivity index (χ1) is 12.3. The van der Waals surface area contributed by atoms with E-state index in [1.165, 1.54) is 19.3 Å². The van der Waals surface area contributed by atoms with Crippen molar-refractivity contribution in [1.82, 2.24) is 9.97 Å². The molecule has 3 aromatic rings. The van der Waals surface area contributed by atoms with Crippen LogP contribution in [0.2, 0.25) is 5.02 Å². The van der Waals surface area contributed by atoms with E-state index in [1.807, 2.05) is 42.5 Å². The van der Waals surface area contributed by atoms with Crippen molar-refractivity contribution >= 4 is 17.5 Å². The Morgan fingerprint density at radius 3 is 1.96 bits per heavy atom.